The molecule has 1 saturated carbocycles. The van der Waals surface area contributed by atoms with E-state index in [1.165, 1.54) is 0 Å². The zero-order chi connectivity index (χ0) is 14.6. The van der Waals surface area contributed by atoms with Crippen LogP contribution in [0.2, 0.25) is 0 Å². The molecular formula is C13H24N2O4. The molecule has 1 aliphatic carbocycles. The van der Waals surface area contributed by atoms with Gasteiger partial charge in [0.2, 0.25) is 0 Å². The van der Waals surface area contributed by atoms with Gasteiger partial charge in [-0.3, -0.25) is 4.79 Å². The molecule has 3 N–H and O–H groups in total. The van der Waals surface area contributed by atoms with Crippen LogP contribution < -0.4 is 10.6 Å². The van der Waals surface area contributed by atoms with Crippen molar-refractivity contribution in [2.75, 3.05) is 13.7 Å². The third kappa shape index (κ3) is 4.09. The van der Waals surface area contributed by atoms with Crippen LogP contribution in [0.1, 0.15) is 33.6 Å². The number of carboxylic acids is 1. The van der Waals surface area contributed by atoms with E-state index in [4.69, 9.17) is 9.84 Å². The van der Waals surface area contributed by atoms with E-state index >= 15 is 0 Å². The highest BCUT2D eigenvalue weighted by Crippen LogP contribution is 2.42. The molecule has 1 aliphatic rings. The van der Waals surface area contributed by atoms with E-state index in [1.807, 2.05) is 0 Å². The summed E-state index contributed by atoms with van der Waals surface area (Å²) in [5, 5.41) is 14.2. The summed E-state index contributed by atoms with van der Waals surface area (Å²) in [6, 6.07) is -0.155. The largest absolute Gasteiger partial charge is 0.481 e. The second-order valence-electron chi connectivity index (χ2n) is 5.89. The van der Waals surface area contributed by atoms with Crippen LogP contribution in [0.3, 0.4) is 0 Å². The lowest BCUT2D eigenvalue weighted by atomic mass is 9.64. The molecule has 0 spiro atoms. The molecule has 6 heteroatoms. The SMILES string of the molecule is COC1CC(NC(=O)NCC(C)CC(=O)O)C1(C)C. The molecule has 3 unspecified atom stereocenters. The molecule has 110 valence electrons. The van der Waals surface area contributed by atoms with Crippen molar-refractivity contribution in [3.63, 3.8) is 0 Å². The predicted molar refractivity (Wildman–Crippen MR) is 70.9 cm³/mol. The summed E-state index contributed by atoms with van der Waals surface area (Å²) < 4.78 is 5.32. The van der Waals surface area contributed by atoms with Gasteiger partial charge < -0.3 is 20.5 Å². The number of aliphatic carboxylic acids is 1. The van der Waals surface area contributed by atoms with Gasteiger partial charge in [0.15, 0.2) is 0 Å². The number of carbonyl (C=O) groups is 2. The van der Waals surface area contributed by atoms with Crippen LogP contribution in [-0.4, -0.2) is 42.9 Å². The molecular weight excluding hydrogens is 248 g/mol. The van der Waals surface area contributed by atoms with Crippen molar-refractivity contribution in [3.8, 4) is 0 Å². The van der Waals surface area contributed by atoms with E-state index in [1.54, 1.807) is 14.0 Å². The van der Waals surface area contributed by atoms with Gasteiger partial charge in [-0.15, -0.1) is 0 Å². The van der Waals surface area contributed by atoms with E-state index < -0.39 is 5.97 Å². The molecule has 0 aromatic carbocycles. The van der Waals surface area contributed by atoms with Gasteiger partial charge in [-0.2, -0.15) is 0 Å². The number of nitrogens with one attached hydrogen (secondary N) is 2. The Kier molecular flexibility index (Phi) is 5.17. The lowest BCUT2D eigenvalue weighted by Gasteiger charge is -2.51. The van der Waals surface area contributed by atoms with E-state index in [2.05, 4.69) is 24.5 Å². The molecule has 0 heterocycles. The number of urea groups is 1. The monoisotopic (exact) mass is 272 g/mol. The number of hydrogen-bond acceptors (Lipinski definition) is 3. The van der Waals surface area contributed by atoms with E-state index in [-0.39, 0.29) is 35.9 Å². The number of carbonyl (C=O) groups excluding carboxylic acids is 1. The predicted octanol–water partition coefficient (Wildman–Crippen LogP) is 1.21. The van der Waals surface area contributed by atoms with Crippen LogP contribution in [0.25, 0.3) is 0 Å². The maximum Gasteiger partial charge on any atom is 0.315 e. The highest BCUT2D eigenvalue weighted by molar-refractivity contribution is 5.74. The molecule has 0 aliphatic heterocycles. The Morgan fingerprint density at radius 1 is 1.47 bits per heavy atom. The molecule has 3 atom stereocenters. The Morgan fingerprint density at radius 3 is 2.58 bits per heavy atom. The summed E-state index contributed by atoms with van der Waals surface area (Å²) in [4.78, 5) is 22.2. The summed E-state index contributed by atoms with van der Waals surface area (Å²) in [7, 11) is 1.68. The molecule has 1 fully saturated rings. The Hall–Kier alpha value is -1.30. The van der Waals surface area contributed by atoms with Crippen molar-refractivity contribution in [2.45, 2.75) is 45.8 Å². The van der Waals surface area contributed by atoms with E-state index in [9.17, 15) is 9.59 Å². The Bertz CT molecular complexity index is 344. The second-order valence-corrected chi connectivity index (χ2v) is 5.89. The molecule has 6 nitrogen and oxygen atoms in total. The Balaban J connectivity index is 2.27. The molecule has 2 amide bonds. The molecule has 0 bridgehead atoms. The number of methoxy groups -OCH3 is 1. The number of amides is 2. The third-order valence-electron chi connectivity index (χ3n) is 3.90. The molecule has 0 aromatic rings. The summed E-state index contributed by atoms with van der Waals surface area (Å²) in [5.41, 5.74) is -0.0707. The summed E-state index contributed by atoms with van der Waals surface area (Å²) >= 11 is 0. The fourth-order valence-corrected chi connectivity index (χ4v) is 2.38. The smallest absolute Gasteiger partial charge is 0.315 e. The van der Waals surface area contributed by atoms with E-state index in [0.29, 0.717) is 6.54 Å². The molecule has 0 aromatic heterocycles. The summed E-state index contributed by atoms with van der Waals surface area (Å²) in [5.74, 6) is -0.929. The van der Waals surface area contributed by atoms with Crippen molar-refractivity contribution in [3.05, 3.63) is 0 Å². The lowest BCUT2D eigenvalue weighted by molar-refractivity contribution is -0.137. The van der Waals surface area contributed by atoms with Gasteiger partial charge in [-0.1, -0.05) is 20.8 Å². The average Bonchev–Trinajstić information content (AvgIpc) is 2.30. The average molecular weight is 272 g/mol. The van der Waals surface area contributed by atoms with Gasteiger partial charge in [-0.25, -0.2) is 4.79 Å². The van der Waals surface area contributed by atoms with Crippen molar-refractivity contribution in [1.82, 2.24) is 10.6 Å². The normalized spacial score (nSPS) is 26.1. The first-order valence-corrected chi connectivity index (χ1v) is 6.56. The van der Waals surface area contributed by atoms with E-state index in [0.717, 1.165) is 6.42 Å². The first kappa shape index (κ1) is 15.8. The highest BCUT2D eigenvalue weighted by Gasteiger charge is 2.49. The van der Waals surface area contributed by atoms with Gasteiger partial charge in [0, 0.05) is 31.5 Å². The minimum atomic E-state index is -0.849. The molecule has 1 rings (SSSR count). The first-order valence-electron chi connectivity index (χ1n) is 6.56. The highest BCUT2D eigenvalue weighted by atomic mass is 16.5. The zero-order valence-electron chi connectivity index (χ0n) is 12.0. The number of rotatable bonds is 6. The fourth-order valence-electron chi connectivity index (χ4n) is 2.38. The first-order chi connectivity index (χ1) is 8.77. The van der Waals surface area contributed by atoms with Crippen molar-refractivity contribution in [1.29, 1.82) is 0 Å². The summed E-state index contributed by atoms with van der Waals surface area (Å²) in [6.45, 7) is 6.27. The molecule has 19 heavy (non-hydrogen) atoms. The van der Waals surface area contributed by atoms with Gasteiger partial charge in [0.1, 0.15) is 0 Å². The quantitative estimate of drug-likeness (QED) is 0.678. The minimum absolute atomic E-state index is 0.0565. The lowest BCUT2D eigenvalue weighted by Crippen LogP contribution is -2.63. The standard InChI is InChI=1S/C13H24N2O4/c1-8(5-11(16)17)7-14-12(18)15-9-6-10(19-4)13(9,2)3/h8-10H,5-7H2,1-4H3,(H,16,17)(H2,14,15,18). The Labute approximate surface area is 113 Å². The van der Waals surface area contributed by atoms with Crippen molar-refractivity contribution < 1.29 is 19.4 Å². The van der Waals surface area contributed by atoms with Crippen LogP contribution in [0, 0.1) is 11.3 Å². The number of hydrogen-bond donors (Lipinski definition) is 3. The van der Waals surface area contributed by atoms with Gasteiger partial charge in [-0.05, 0) is 12.3 Å². The zero-order valence-corrected chi connectivity index (χ0v) is 12.0. The van der Waals surface area contributed by atoms with Gasteiger partial charge >= 0.3 is 12.0 Å². The topological polar surface area (TPSA) is 87.7 Å². The number of carboxylic acid groups (broad SMARTS) is 1. The van der Waals surface area contributed by atoms with Gasteiger partial charge in [0.25, 0.3) is 0 Å². The molecule has 0 radical (unpaired) electrons. The van der Waals surface area contributed by atoms with Gasteiger partial charge in [0.05, 0.1) is 6.10 Å². The Morgan fingerprint density at radius 2 is 2.11 bits per heavy atom. The van der Waals surface area contributed by atoms with Crippen LogP contribution >= 0.6 is 0 Å². The fraction of sp³-hybridized carbons (Fsp3) is 0.846. The van der Waals surface area contributed by atoms with Crippen LogP contribution in [-0.2, 0) is 9.53 Å². The van der Waals surface area contributed by atoms with Crippen LogP contribution in [0.4, 0.5) is 4.79 Å². The minimum Gasteiger partial charge on any atom is -0.481 e. The maximum absolute atomic E-state index is 11.7. The maximum atomic E-state index is 11.7. The summed E-state index contributed by atoms with van der Waals surface area (Å²) in [6.07, 6.45) is 1.03. The third-order valence-corrected chi connectivity index (χ3v) is 3.90. The van der Waals surface area contributed by atoms with Crippen molar-refractivity contribution >= 4 is 12.0 Å². The number of ether oxygens (including phenoxy) is 1. The molecule has 0 saturated heterocycles. The van der Waals surface area contributed by atoms with Crippen LogP contribution in [0.15, 0.2) is 0 Å². The van der Waals surface area contributed by atoms with Crippen LogP contribution in [0.5, 0.6) is 0 Å². The second kappa shape index (κ2) is 6.23. The van der Waals surface area contributed by atoms with Crippen molar-refractivity contribution in [2.24, 2.45) is 11.3 Å².